The summed E-state index contributed by atoms with van der Waals surface area (Å²) in [5.74, 6) is 0.682. The Balaban J connectivity index is 2.12. The summed E-state index contributed by atoms with van der Waals surface area (Å²) in [7, 11) is 0. The third-order valence-electron chi connectivity index (χ3n) is 6.35. The number of hydrogen-bond donors (Lipinski definition) is 1. The van der Waals surface area contributed by atoms with Gasteiger partial charge in [0.25, 0.3) is 0 Å². The van der Waals surface area contributed by atoms with Gasteiger partial charge in [-0.05, 0) is 49.9 Å². The van der Waals surface area contributed by atoms with E-state index < -0.39 is 11.0 Å². The van der Waals surface area contributed by atoms with Crippen LogP contribution >= 0.6 is 0 Å². The largest absolute Gasteiger partial charge is 0.388 e. The number of hydrogen-bond acceptors (Lipinski definition) is 2. The Morgan fingerprint density at radius 1 is 0.905 bits per heavy atom. The van der Waals surface area contributed by atoms with Crippen molar-refractivity contribution in [3.63, 3.8) is 0 Å². The zero-order valence-corrected chi connectivity index (χ0v) is 14.2. The van der Waals surface area contributed by atoms with Gasteiger partial charge in [-0.3, -0.25) is 0 Å². The van der Waals surface area contributed by atoms with E-state index in [1.54, 1.807) is 0 Å². The molecular formula is C19H33NO. The fraction of sp³-hybridized carbons (Fsp3) is 0.947. The maximum absolute atomic E-state index is 11.3. The van der Waals surface area contributed by atoms with Gasteiger partial charge in [0.15, 0.2) is 0 Å². The molecule has 2 nitrogen and oxygen atoms in total. The smallest absolute Gasteiger partial charge is 0.0860 e. The van der Waals surface area contributed by atoms with Crippen LogP contribution in [0.5, 0.6) is 0 Å². The van der Waals surface area contributed by atoms with Crippen LogP contribution in [0.25, 0.3) is 0 Å². The van der Waals surface area contributed by atoms with Gasteiger partial charge < -0.3 is 5.11 Å². The van der Waals surface area contributed by atoms with Gasteiger partial charge in [0.05, 0.1) is 17.1 Å². The molecule has 120 valence electrons. The summed E-state index contributed by atoms with van der Waals surface area (Å²) in [6, 6.07) is 2.60. The van der Waals surface area contributed by atoms with Gasteiger partial charge in [-0.1, -0.05) is 52.9 Å². The molecule has 2 saturated carbocycles. The van der Waals surface area contributed by atoms with Crippen molar-refractivity contribution in [3.8, 4) is 6.07 Å². The first-order valence-electron chi connectivity index (χ1n) is 8.97. The second kappa shape index (κ2) is 6.29. The van der Waals surface area contributed by atoms with E-state index in [2.05, 4.69) is 26.8 Å². The molecule has 2 rings (SSSR count). The monoisotopic (exact) mass is 291 g/mol. The van der Waals surface area contributed by atoms with E-state index in [4.69, 9.17) is 0 Å². The van der Waals surface area contributed by atoms with Crippen molar-refractivity contribution in [2.45, 2.75) is 97.0 Å². The standard InChI is InChI=1S/C19H33NO/c1-17(2,3)16-9-13-19(21,14-10-16)18(15-20)11-7-5-4-6-8-12-18/h16,21H,4-14H2,1-3H3. The minimum absolute atomic E-state index is 0.321. The molecule has 2 heteroatoms. The zero-order chi connectivity index (χ0) is 15.6. The Bertz CT molecular complexity index is 371. The fourth-order valence-corrected chi connectivity index (χ4v) is 4.63. The van der Waals surface area contributed by atoms with E-state index in [1.807, 2.05) is 0 Å². The molecule has 0 atom stereocenters. The van der Waals surface area contributed by atoms with Crippen molar-refractivity contribution in [3.05, 3.63) is 0 Å². The molecule has 0 aromatic carbocycles. The molecule has 0 spiro atoms. The van der Waals surface area contributed by atoms with Crippen molar-refractivity contribution in [1.29, 1.82) is 5.26 Å². The van der Waals surface area contributed by atoms with Crippen LogP contribution in [0.15, 0.2) is 0 Å². The average Bonchev–Trinajstić information content (AvgIpc) is 2.38. The topological polar surface area (TPSA) is 44.0 Å². The maximum Gasteiger partial charge on any atom is 0.0860 e. The van der Waals surface area contributed by atoms with E-state index >= 15 is 0 Å². The highest BCUT2D eigenvalue weighted by Crippen LogP contribution is 2.52. The molecule has 0 radical (unpaired) electrons. The van der Waals surface area contributed by atoms with Crippen LogP contribution in [0.4, 0.5) is 0 Å². The SMILES string of the molecule is CC(C)(C)C1CCC(O)(C2(C#N)CCCCCCC2)CC1. The van der Waals surface area contributed by atoms with E-state index in [0.29, 0.717) is 11.3 Å². The Labute approximate surface area is 130 Å². The van der Waals surface area contributed by atoms with Gasteiger partial charge in [0.1, 0.15) is 0 Å². The van der Waals surface area contributed by atoms with Gasteiger partial charge in [0, 0.05) is 0 Å². The number of aliphatic hydroxyl groups is 1. The quantitative estimate of drug-likeness (QED) is 0.721. The molecule has 0 amide bonds. The molecule has 0 aromatic rings. The lowest BCUT2D eigenvalue weighted by molar-refractivity contribution is -0.108. The predicted octanol–water partition coefficient (Wildman–Crippen LogP) is 5.21. The summed E-state index contributed by atoms with van der Waals surface area (Å²) in [4.78, 5) is 0. The van der Waals surface area contributed by atoms with Crippen LogP contribution in [-0.4, -0.2) is 10.7 Å². The lowest BCUT2D eigenvalue weighted by atomic mass is 9.57. The summed E-state index contributed by atoms with van der Waals surface area (Å²) in [6.07, 6.45) is 11.6. The molecule has 1 N–H and O–H groups in total. The van der Waals surface area contributed by atoms with E-state index in [1.165, 1.54) is 19.3 Å². The summed E-state index contributed by atoms with van der Waals surface area (Å²) < 4.78 is 0. The first kappa shape index (κ1) is 16.8. The van der Waals surface area contributed by atoms with Crippen LogP contribution in [-0.2, 0) is 0 Å². The van der Waals surface area contributed by atoms with Crippen molar-refractivity contribution < 1.29 is 5.11 Å². The molecule has 0 bridgehead atoms. The number of rotatable bonds is 1. The molecule has 21 heavy (non-hydrogen) atoms. The molecule has 0 aliphatic heterocycles. The zero-order valence-electron chi connectivity index (χ0n) is 14.2. The first-order chi connectivity index (χ1) is 9.83. The lowest BCUT2D eigenvalue weighted by Crippen LogP contribution is -2.51. The Kier molecular flexibility index (Phi) is 5.03. The summed E-state index contributed by atoms with van der Waals surface area (Å²) >= 11 is 0. The van der Waals surface area contributed by atoms with Crippen LogP contribution in [0.1, 0.15) is 91.4 Å². The van der Waals surface area contributed by atoms with E-state index in [9.17, 15) is 10.4 Å². The van der Waals surface area contributed by atoms with Gasteiger partial charge in [-0.25, -0.2) is 0 Å². The normalized spacial score (nSPS) is 34.5. The highest BCUT2D eigenvalue weighted by atomic mass is 16.3. The Morgan fingerprint density at radius 3 is 1.81 bits per heavy atom. The van der Waals surface area contributed by atoms with Crippen molar-refractivity contribution in [1.82, 2.24) is 0 Å². The van der Waals surface area contributed by atoms with Crippen molar-refractivity contribution in [2.75, 3.05) is 0 Å². The van der Waals surface area contributed by atoms with Crippen LogP contribution in [0.3, 0.4) is 0 Å². The molecule has 0 unspecified atom stereocenters. The van der Waals surface area contributed by atoms with Gasteiger partial charge >= 0.3 is 0 Å². The van der Waals surface area contributed by atoms with Gasteiger partial charge in [-0.15, -0.1) is 0 Å². The predicted molar refractivity (Wildman–Crippen MR) is 86.7 cm³/mol. The third-order valence-corrected chi connectivity index (χ3v) is 6.35. The van der Waals surface area contributed by atoms with Gasteiger partial charge in [0.2, 0.25) is 0 Å². The second-order valence-corrected chi connectivity index (χ2v) is 8.63. The van der Waals surface area contributed by atoms with E-state index in [-0.39, 0.29) is 0 Å². The van der Waals surface area contributed by atoms with Crippen LogP contribution in [0.2, 0.25) is 0 Å². The summed E-state index contributed by atoms with van der Waals surface area (Å²) in [6.45, 7) is 6.91. The fourth-order valence-electron chi connectivity index (χ4n) is 4.63. The molecule has 2 aliphatic carbocycles. The van der Waals surface area contributed by atoms with Crippen molar-refractivity contribution >= 4 is 0 Å². The van der Waals surface area contributed by atoms with E-state index in [0.717, 1.165) is 51.4 Å². The number of nitrogens with zero attached hydrogens (tertiary/aromatic N) is 1. The maximum atomic E-state index is 11.3. The minimum atomic E-state index is -0.735. The molecule has 2 fully saturated rings. The number of nitriles is 1. The second-order valence-electron chi connectivity index (χ2n) is 8.63. The summed E-state index contributed by atoms with van der Waals surface area (Å²) in [5.41, 5.74) is -0.890. The molecular weight excluding hydrogens is 258 g/mol. The Hall–Kier alpha value is -0.550. The average molecular weight is 291 g/mol. The highest BCUT2D eigenvalue weighted by Gasteiger charge is 2.52. The molecule has 0 saturated heterocycles. The van der Waals surface area contributed by atoms with Crippen molar-refractivity contribution in [2.24, 2.45) is 16.7 Å². The highest BCUT2D eigenvalue weighted by molar-refractivity contribution is 5.13. The Morgan fingerprint density at radius 2 is 1.38 bits per heavy atom. The van der Waals surface area contributed by atoms with Crippen LogP contribution in [0, 0.1) is 28.1 Å². The molecule has 2 aliphatic rings. The first-order valence-corrected chi connectivity index (χ1v) is 8.97. The third kappa shape index (κ3) is 3.45. The lowest BCUT2D eigenvalue weighted by Gasteiger charge is -2.49. The van der Waals surface area contributed by atoms with Crippen LogP contribution < -0.4 is 0 Å². The molecule has 0 aromatic heterocycles. The summed E-state index contributed by atoms with van der Waals surface area (Å²) in [5, 5.41) is 21.2. The molecule has 0 heterocycles. The van der Waals surface area contributed by atoms with Gasteiger partial charge in [-0.2, -0.15) is 5.26 Å². The minimum Gasteiger partial charge on any atom is -0.388 e.